The summed E-state index contributed by atoms with van der Waals surface area (Å²) in [5, 5.41) is 0.740. The Bertz CT molecular complexity index is 729. The Hall–Kier alpha value is -1.66. The molecule has 2 rings (SSSR count). The highest BCUT2D eigenvalue weighted by Crippen LogP contribution is 2.22. The third-order valence-electron chi connectivity index (χ3n) is 3.01. The fraction of sp³-hybridized carbons (Fsp3) is 0.308. The Kier molecular flexibility index (Phi) is 3.47. The summed E-state index contributed by atoms with van der Waals surface area (Å²) < 4.78 is 26.8. The van der Waals surface area contributed by atoms with E-state index in [1.807, 2.05) is 0 Å². The minimum absolute atomic E-state index is 0.0155. The lowest BCUT2D eigenvalue weighted by molar-refractivity contribution is 0.0914. The molecule has 1 heterocycles. The van der Waals surface area contributed by atoms with E-state index in [0.29, 0.717) is 6.42 Å². The Morgan fingerprint density at radius 2 is 1.95 bits per heavy atom. The van der Waals surface area contributed by atoms with E-state index in [9.17, 15) is 13.2 Å². The van der Waals surface area contributed by atoms with Gasteiger partial charge in [0, 0.05) is 32.1 Å². The third-order valence-corrected chi connectivity index (χ3v) is 4.82. The zero-order valence-electron chi connectivity index (χ0n) is 11.1. The van der Waals surface area contributed by atoms with Crippen molar-refractivity contribution in [3.8, 4) is 0 Å². The number of carbonyl (C=O) groups excluding carboxylic acids is 1. The Morgan fingerprint density at radius 3 is 2.53 bits per heavy atom. The second-order valence-corrected chi connectivity index (χ2v) is 6.59. The number of hydrogen-bond donors (Lipinski definition) is 0. The summed E-state index contributed by atoms with van der Waals surface area (Å²) in [6.45, 7) is 1.79. The molecule has 19 heavy (non-hydrogen) atoms. The monoisotopic (exact) mass is 280 g/mol. The zero-order valence-corrected chi connectivity index (χ0v) is 11.9. The standard InChI is InChI=1S/C13H16N2O3S/c1-4-13(16)15-8-7-10-9-11(5-6-12(10)15)19(17,18)14(2)3/h5-9H,4H2,1-3H3. The number of aromatic nitrogens is 1. The molecule has 0 bridgehead atoms. The maximum Gasteiger partial charge on any atom is 0.242 e. The summed E-state index contributed by atoms with van der Waals surface area (Å²) in [6.07, 6.45) is 2.07. The summed E-state index contributed by atoms with van der Waals surface area (Å²) in [4.78, 5) is 11.9. The second-order valence-electron chi connectivity index (χ2n) is 4.44. The molecule has 0 amide bonds. The van der Waals surface area contributed by atoms with Gasteiger partial charge in [-0.3, -0.25) is 9.36 Å². The van der Waals surface area contributed by atoms with Crippen molar-refractivity contribution in [3.63, 3.8) is 0 Å². The van der Waals surface area contributed by atoms with Crippen molar-refractivity contribution in [2.45, 2.75) is 18.2 Å². The summed E-state index contributed by atoms with van der Waals surface area (Å²) in [5.41, 5.74) is 0.726. The minimum Gasteiger partial charge on any atom is -0.287 e. The van der Waals surface area contributed by atoms with Crippen molar-refractivity contribution in [1.29, 1.82) is 0 Å². The molecular weight excluding hydrogens is 264 g/mol. The van der Waals surface area contributed by atoms with E-state index in [2.05, 4.69) is 0 Å². The van der Waals surface area contributed by atoms with Crippen LogP contribution in [0.3, 0.4) is 0 Å². The maximum absolute atomic E-state index is 12.0. The van der Waals surface area contributed by atoms with Crippen LogP contribution in [0.25, 0.3) is 10.9 Å². The Balaban J connectivity index is 2.59. The Labute approximate surface area is 112 Å². The first-order valence-corrected chi connectivity index (χ1v) is 7.38. The van der Waals surface area contributed by atoms with Crippen LogP contribution in [-0.2, 0) is 10.0 Å². The molecule has 0 saturated carbocycles. The molecule has 0 aliphatic heterocycles. The van der Waals surface area contributed by atoms with Crippen LogP contribution in [0.2, 0.25) is 0 Å². The minimum atomic E-state index is -3.45. The number of fused-ring (bicyclic) bond motifs is 1. The normalized spacial score (nSPS) is 12.2. The number of carbonyl (C=O) groups is 1. The number of rotatable bonds is 3. The van der Waals surface area contributed by atoms with Gasteiger partial charge in [0.15, 0.2) is 0 Å². The molecule has 0 aliphatic rings. The average molecular weight is 280 g/mol. The zero-order chi connectivity index (χ0) is 14.2. The molecular formula is C13H16N2O3S. The lowest BCUT2D eigenvalue weighted by atomic mass is 10.2. The molecule has 2 aromatic rings. The molecule has 0 spiro atoms. The van der Waals surface area contributed by atoms with Crippen LogP contribution in [0, 0.1) is 0 Å². The molecule has 1 aromatic heterocycles. The van der Waals surface area contributed by atoms with Crippen molar-refractivity contribution < 1.29 is 13.2 Å². The van der Waals surface area contributed by atoms with E-state index in [0.717, 1.165) is 10.9 Å². The van der Waals surface area contributed by atoms with Gasteiger partial charge < -0.3 is 0 Å². The van der Waals surface area contributed by atoms with Gasteiger partial charge in [-0.25, -0.2) is 12.7 Å². The third kappa shape index (κ3) is 2.29. The molecule has 102 valence electrons. The highest BCUT2D eigenvalue weighted by Gasteiger charge is 2.18. The van der Waals surface area contributed by atoms with Crippen LogP contribution in [0.1, 0.15) is 18.1 Å². The number of nitrogens with zero attached hydrogens (tertiary/aromatic N) is 2. The SMILES string of the molecule is CCC(=O)n1ccc2cc(S(=O)(=O)N(C)C)ccc21. The molecule has 0 atom stereocenters. The number of hydrogen-bond acceptors (Lipinski definition) is 3. The van der Waals surface area contributed by atoms with Gasteiger partial charge in [-0.05, 0) is 24.3 Å². The van der Waals surface area contributed by atoms with E-state index in [4.69, 9.17) is 0 Å². The average Bonchev–Trinajstić information content (AvgIpc) is 2.80. The Morgan fingerprint density at radius 1 is 1.26 bits per heavy atom. The largest absolute Gasteiger partial charge is 0.287 e. The first-order valence-electron chi connectivity index (χ1n) is 5.94. The predicted molar refractivity (Wildman–Crippen MR) is 73.7 cm³/mol. The van der Waals surface area contributed by atoms with E-state index in [1.54, 1.807) is 35.9 Å². The molecule has 0 N–H and O–H groups in total. The highest BCUT2D eigenvalue weighted by molar-refractivity contribution is 7.89. The fourth-order valence-corrected chi connectivity index (χ4v) is 2.82. The summed E-state index contributed by atoms with van der Waals surface area (Å²) in [7, 11) is -0.463. The summed E-state index contributed by atoms with van der Waals surface area (Å²) in [6, 6.07) is 6.53. The van der Waals surface area contributed by atoms with E-state index < -0.39 is 10.0 Å². The van der Waals surface area contributed by atoms with E-state index >= 15 is 0 Å². The second kappa shape index (κ2) is 4.79. The van der Waals surface area contributed by atoms with Crippen molar-refractivity contribution in [2.75, 3.05) is 14.1 Å². The van der Waals surface area contributed by atoms with Crippen LogP contribution in [0.5, 0.6) is 0 Å². The van der Waals surface area contributed by atoms with E-state index in [-0.39, 0.29) is 10.8 Å². The molecule has 0 radical (unpaired) electrons. The molecule has 0 aliphatic carbocycles. The van der Waals surface area contributed by atoms with Crippen molar-refractivity contribution in [3.05, 3.63) is 30.5 Å². The highest BCUT2D eigenvalue weighted by atomic mass is 32.2. The van der Waals surface area contributed by atoms with Gasteiger partial charge in [-0.2, -0.15) is 0 Å². The van der Waals surface area contributed by atoms with Crippen molar-refractivity contribution in [2.24, 2.45) is 0 Å². The van der Waals surface area contributed by atoms with Gasteiger partial charge in [-0.15, -0.1) is 0 Å². The first-order chi connectivity index (χ1) is 8.87. The number of benzene rings is 1. The van der Waals surface area contributed by atoms with Crippen LogP contribution in [0.15, 0.2) is 35.4 Å². The maximum atomic E-state index is 12.0. The molecule has 5 nitrogen and oxygen atoms in total. The lowest BCUT2D eigenvalue weighted by Crippen LogP contribution is -2.22. The van der Waals surface area contributed by atoms with E-state index in [1.165, 1.54) is 24.5 Å². The molecule has 0 saturated heterocycles. The van der Waals surface area contributed by atoms with Crippen LogP contribution >= 0.6 is 0 Å². The summed E-state index contributed by atoms with van der Waals surface area (Å²) in [5.74, 6) is -0.0155. The fourth-order valence-electron chi connectivity index (χ4n) is 1.88. The predicted octanol–water partition coefficient (Wildman–Crippen LogP) is 1.94. The van der Waals surface area contributed by atoms with Crippen molar-refractivity contribution in [1.82, 2.24) is 8.87 Å². The van der Waals surface area contributed by atoms with Gasteiger partial charge in [0.2, 0.25) is 15.9 Å². The van der Waals surface area contributed by atoms with Gasteiger partial charge in [0.05, 0.1) is 10.4 Å². The molecule has 1 aromatic carbocycles. The van der Waals surface area contributed by atoms with Gasteiger partial charge in [0.25, 0.3) is 0 Å². The smallest absolute Gasteiger partial charge is 0.242 e. The molecule has 0 fully saturated rings. The first kappa shape index (κ1) is 13.8. The van der Waals surface area contributed by atoms with Gasteiger partial charge in [-0.1, -0.05) is 6.92 Å². The van der Waals surface area contributed by atoms with Gasteiger partial charge >= 0.3 is 0 Å². The van der Waals surface area contributed by atoms with Crippen LogP contribution in [0.4, 0.5) is 0 Å². The van der Waals surface area contributed by atoms with Crippen LogP contribution < -0.4 is 0 Å². The number of sulfonamides is 1. The molecule has 0 unspecified atom stereocenters. The quantitative estimate of drug-likeness (QED) is 0.863. The topological polar surface area (TPSA) is 59.4 Å². The lowest BCUT2D eigenvalue weighted by Gasteiger charge is -2.11. The summed E-state index contributed by atoms with van der Waals surface area (Å²) >= 11 is 0. The molecule has 6 heteroatoms. The van der Waals surface area contributed by atoms with Crippen LogP contribution in [-0.4, -0.2) is 37.3 Å². The van der Waals surface area contributed by atoms with Crippen molar-refractivity contribution >= 4 is 26.8 Å². The van der Waals surface area contributed by atoms with Gasteiger partial charge in [0.1, 0.15) is 0 Å².